The number of carbonyl (C=O) groups is 2. The molecule has 1 rings (SSSR count). The van der Waals surface area contributed by atoms with Crippen LogP contribution in [0.2, 0.25) is 0 Å². The fourth-order valence-electron chi connectivity index (χ4n) is 1.35. The van der Waals surface area contributed by atoms with E-state index >= 15 is 0 Å². The van der Waals surface area contributed by atoms with Crippen LogP contribution in [0.25, 0.3) is 0 Å². The minimum atomic E-state index is -0.734. The molecular formula is C12H15NO4. The SMILES string of the molecule is CCC(Oc1ccc(OC)cc1C=O)C(N)=O. The molecule has 1 unspecified atom stereocenters. The first-order valence-corrected chi connectivity index (χ1v) is 5.21. The summed E-state index contributed by atoms with van der Waals surface area (Å²) < 4.78 is 10.4. The lowest BCUT2D eigenvalue weighted by Gasteiger charge is -2.15. The van der Waals surface area contributed by atoms with Crippen LogP contribution < -0.4 is 15.2 Å². The third kappa shape index (κ3) is 3.21. The van der Waals surface area contributed by atoms with Crippen molar-refractivity contribution in [3.63, 3.8) is 0 Å². The maximum atomic E-state index is 11.0. The number of methoxy groups -OCH3 is 1. The van der Waals surface area contributed by atoms with E-state index in [1.54, 1.807) is 19.1 Å². The molecule has 1 amide bonds. The van der Waals surface area contributed by atoms with Crippen molar-refractivity contribution in [2.24, 2.45) is 5.73 Å². The van der Waals surface area contributed by atoms with Gasteiger partial charge < -0.3 is 15.2 Å². The van der Waals surface area contributed by atoms with Gasteiger partial charge >= 0.3 is 0 Å². The van der Waals surface area contributed by atoms with Crippen LogP contribution in [0, 0.1) is 0 Å². The summed E-state index contributed by atoms with van der Waals surface area (Å²) in [6.45, 7) is 1.78. The van der Waals surface area contributed by atoms with Crippen molar-refractivity contribution >= 4 is 12.2 Å². The molecule has 2 N–H and O–H groups in total. The fraction of sp³-hybridized carbons (Fsp3) is 0.333. The highest BCUT2D eigenvalue weighted by Gasteiger charge is 2.16. The Kier molecular flexibility index (Phi) is 4.51. The van der Waals surface area contributed by atoms with E-state index in [2.05, 4.69) is 0 Å². The molecule has 0 bridgehead atoms. The summed E-state index contributed by atoms with van der Waals surface area (Å²) in [6, 6.07) is 4.76. The summed E-state index contributed by atoms with van der Waals surface area (Å²) in [6.07, 6.45) is 0.354. The van der Waals surface area contributed by atoms with E-state index in [1.807, 2.05) is 0 Å². The average molecular weight is 237 g/mol. The minimum absolute atomic E-state index is 0.323. The lowest BCUT2D eigenvalue weighted by Crippen LogP contribution is -2.33. The van der Waals surface area contributed by atoms with Gasteiger partial charge in [-0.2, -0.15) is 0 Å². The number of primary amides is 1. The van der Waals surface area contributed by atoms with E-state index in [0.717, 1.165) is 0 Å². The summed E-state index contributed by atoms with van der Waals surface area (Å²) in [5.41, 5.74) is 5.49. The molecule has 0 fully saturated rings. The van der Waals surface area contributed by atoms with E-state index in [-0.39, 0.29) is 0 Å². The zero-order chi connectivity index (χ0) is 12.8. The van der Waals surface area contributed by atoms with E-state index < -0.39 is 12.0 Å². The van der Waals surface area contributed by atoms with Crippen molar-refractivity contribution in [2.75, 3.05) is 7.11 Å². The summed E-state index contributed by atoms with van der Waals surface area (Å²) in [5, 5.41) is 0. The van der Waals surface area contributed by atoms with Crippen LogP contribution in [0.1, 0.15) is 23.7 Å². The fourth-order valence-corrected chi connectivity index (χ4v) is 1.35. The summed E-state index contributed by atoms with van der Waals surface area (Å²) in [7, 11) is 1.50. The normalized spacial score (nSPS) is 11.6. The van der Waals surface area contributed by atoms with Crippen molar-refractivity contribution in [3.8, 4) is 11.5 Å². The monoisotopic (exact) mass is 237 g/mol. The van der Waals surface area contributed by atoms with E-state index in [0.29, 0.717) is 29.8 Å². The first-order valence-electron chi connectivity index (χ1n) is 5.21. The predicted molar refractivity (Wildman–Crippen MR) is 62.3 cm³/mol. The molecule has 17 heavy (non-hydrogen) atoms. The molecule has 5 heteroatoms. The Labute approximate surface area is 99.5 Å². The molecule has 92 valence electrons. The van der Waals surface area contributed by atoms with Crippen LogP contribution in [-0.4, -0.2) is 25.4 Å². The van der Waals surface area contributed by atoms with Gasteiger partial charge in [0.2, 0.25) is 0 Å². The topological polar surface area (TPSA) is 78.6 Å². The average Bonchev–Trinajstić information content (AvgIpc) is 2.35. The van der Waals surface area contributed by atoms with Gasteiger partial charge in [0.05, 0.1) is 12.7 Å². The third-order valence-corrected chi connectivity index (χ3v) is 2.30. The Bertz CT molecular complexity index is 417. The highest BCUT2D eigenvalue weighted by Crippen LogP contribution is 2.24. The molecule has 0 aliphatic rings. The molecule has 1 atom stereocenters. The van der Waals surface area contributed by atoms with Gasteiger partial charge in [0.1, 0.15) is 11.5 Å². The number of amides is 1. The smallest absolute Gasteiger partial charge is 0.258 e. The quantitative estimate of drug-likeness (QED) is 0.753. The van der Waals surface area contributed by atoms with E-state index in [1.165, 1.54) is 13.2 Å². The molecule has 0 aliphatic carbocycles. The summed E-state index contributed by atoms with van der Waals surface area (Å²) >= 11 is 0. The number of rotatable bonds is 6. The second-order valence-corrected chi connectivity index (χ2v) is 3.44. The Hall–Kier alpha value is -2.04. The number of carbonyl (C=O) groups excluding carboxylic acids is 2. The van der Waals surface area contributed by atoms with Crippen LogP contribution >= 0.6 is 0 Å². The number of ether oxygens (including phenoxy) is 2. The molecular weight excluding hydrogens is 222 g/mol. The van der Waals surface area contributed by atoms with E-state index in [4.69, 9.17) is 15.2 Å². The number of benzene rings is 1. The number of hydrogen-bond donors (Lipinski definition) is 1. The number of aldehydes is 1. The van der Waals surface area contributed by atoms with Crippen LogP contribution in [0.5, 0.6) is 11.5 Å². The molecule has 1 aromatic carbocycles. The molecule has 0 spiro atoms. The van der Waals surface area contributed by atoms with Crippen LogP contribution in [-0.2, 0) is 4.79 Å². The van der Waals surface area contributed by atoms with Crippen LogP contribution in [0.15, 0.2) is 18.2 Å². The van der Waals surface area contributed by atoms with E-state index in [9.17, 15) is 9.59 Å². The molecule has 0 saturated heterocycles. The largest absolute Gasteiger partial charge is 0.497 e. The van der Waals surface area contributed by atoms with Crippen molar-refractivity contribution in [2.45, 2.75) is 19.4 Å². The molecule has 0 radical (unpaired) electrons. The van der Waals surface area contributed by atoms with Gasteiger partial charge in [0.15, 0.2) is 12.4 Å². The first-order chi connectivity index (χ1) is 8.12. The van der Waals surface area contributed by atoms with Crippen molar-refractivity contribution in [1.29, 1.82) is 0 Å². The lowest BCUT2D eigenvalue weighted by molar-refractivity contribution is -0.124. The Balaban J connectivity index is 2.97. The second-order valence-electron chi connectivity index (χ2n) is 3.44. The molecule has 0 aliphatic heterocycles. The van der Waals surface area contributed by atoms with Crippen LogP contribution in [0.3, 0.4) is 0 Å². The summed E-state index contributed by atoms with van der Waals surface area (Å²) in [4.78, 5) is 21.9. The maximum absolute atomic E-state index is 11.0. The molecule has 1 aromatic rings. The number of hydrogen-bond acceptors (Lipinski definition) is 4. The van der Waals surface area contributed by atoms with Gasteiger partial charge in [0.25, 0.3) is 5.91 Å². The molecule has 0 heterocycles. The Morgan fingerprint density at radius 3 is 2.71 bits per heavy atom. The van der Waals surface area contributed by atoms with Crippen LogP contribution in [0.4, 0.5) is 0 Å². The van der Waals surface area contributed by atoms with Crippen molar-refractivity contribution in [3.05, 3.63) is 23.8 Å². The van der Waals surface area contributed by atoms with Gasteiger partial charge in [-0.3, -0.25) is 9.59 Å². The maximum Gasteiger partial charge on any atom is 0.258 e. The standard InChI is InChI=1S/C12H15NO4/c1-3-10(12(13)15)17-11-5-4-9(16-2)6-8(11)7-14/h4-7,10H,3H2,1-2H3,(H2,13,15). The summed E-state index contributed by atoms with van der Waals surface area (Å²) in [5.74, 6) is 0.318. The Morgan fingerprint density at radius 2 is 2.24 bits per heavy atom. The third-order valence-electron chi connectivity index (χ3n) is 2.30. The molecule has 0 saturated carbocycles. The first kappa shape index (κ1) is 13.0. The zero-order valence-corrected chi connectivity index (χ0v) is 9.80. The van der Waals surface area contributed by atoms with Gasteiger partial charge in [-0.1, -0.05) is 6.92 Å². The van der Waals surface area contributed by atoms with Crippen molar-refractivity contribution < 1.29 is 19.1 Å². The molecule has 5 nitrogen and oxygen atoms in total. The van der Waals surface area contributed by atoms with Gasteiger partial charge in [-0.25, -0.2) is 0 Å². The minimum Gasteiger partial charge on any atom is -0.497 e. The second kappa shape index (κ2) is 5.89. The zero-order valence-electron chi connectivity index (χ0n) is 9.80. The highest BCUT2D eigenvalue weighted by molar-refractivity contribution is 5.82. The lowest BCUT2D eigenvalue weighted by atomic mass is 10.2. The van der Waals surface area contributed by atoms with Gasteiger partial charge in [-0.05, 0) is 24.6 Å². The van der Waals surface area contributed by atoms with Gasteiger partial charge in [-0.15, -0.1) is 0 Å². The van der Waals surface area contributed by atoms with Gasteiger partial charge in [0, 0.05) is 0 Å². The Morgan fingerprint density at radius 1 is 1.53 bits per heavy atom. The highest BCUT2D eigenvalue weighted by atomic mass is 16.5. The predicted octanol–water partition coefficient (Wildman–Crippen LogP) is 1.15. The van der Waals surface area contributed by atoms with Crippen molar-refractivity contribution in [1.82, 2.24) is 0 Å². The molecule has 0 aromatic heterocycles. The number of nitrogens with two attached hydrogens (primary N) is 1.